The van der Waals surface area contributed by atoms with Crippen LogP contribution < -0.4 is 10.6 Å². The van der Waals surface area contributed by atoms with E-state index in [-0.39, 0.29) is 5.69 Å². The maximum atomic E-state index is 12.9. The molecule has 1 aliphatic rings. The summed E-state index contributed by atoms with van der Waals surface area (Å²) >= 11 is 0. The molecular formula is C20H19F3N4O. The molecule has 0 spiro atoms. The molecule has 0 bridgehead atoms. The van der Waals surface area contributed by atoms with Gasteiger partial charge in [0.2, 0.25) is 0 Å². The molecule has 1 aliphatic carbocycles. The van der Waals surface area contributed by atoms with Crippen LogP contribution in [0.4, 0.5) is 24.7 Å². The van der Waals surface area contributed by atoms with Crippen molar-refractivity contribution in [3.8, 4) is 6.07 Å². The zero-order valence-corrected chi connectivity index (χ0v) is 15.0. The number of pyridine rings is 1. The Labute approximate surface area is 160 Å². The average Bonchev–Trinajstić information content (AvgIpc) is 3.19. The molecule has 1 aromatic carbocycles. The van der Waals surface area contributed by atoms with E-state index in [0.717, 1.165) is 37.6 Å². The number of nitrogens with one attached hydrogen (secondary N) is 2. The van der Waals surface area contributed by atoms with Gasteiger partial charge in [-0.25, -0.2) is 4.98 Å². The lowest BCUT2D eigenvalue weighted by atomic mass is 10.1. The molecule has 1 amide bonds. The highest BCUT2D eigenvalue weighted by Gasteiger charge is 2.33. The summed E-state index contributed by atoms with van der Waals surface area (Å²) in [5.74, 6) is 0.469. The maximum Gasteiger partial charge on any atom is 0.417 e. The smallest absolute Gasteiger partial charge is 0.369 e. The van der Waals surface area contributed by atoms with Crippen LogP contribution in [-0.4, -0.2) is 17.4 Å². The second kappa shape index (κ2) is 8.30. The maximum absolute atomic E-state index is 12.9. The third-order valence-electron chi connectivity index (χ3n) is 4.79. The van der Waals surface area contributed by atoms with Crippen molar-refractivity contribution in [2.24, 2.45) is 5.92 Å². The van der Waals surface area contributed by atoms with Gasteiger partial charge in [-0.2, -0.15) is 18.4 Å². The van der Waals surface area contributed by atoms with Crippen molar-refractivity contribution in [3.05, 3.63) is 53.2 Å². The first-order chi connectivity index (χ1) is 13.4. The second-order valence-electron chi connectivity index (χ2n) is 6.76. The number of alkyl halides is 3. The van der Waals surface area contributed by atoms with Crippen molar-refractivity contribution < 1.29 is 18.0 Å². The minimum absolute atomic E-state index is 0.111. The highest BCUT2D eigenvalue weighted by Crippen LogP contribution is 2.33. The standard InChI is InChI=1S/C20H19F3N4O/c21-20(22,23)17-8-7-15(10-14(17)11-24)27-19(28)16-6-3-9-25-18(16)26-12-13-4-1-2-5-13/h3,6-10,13H,1-2,4-5,12H2,(H,25,26)(H,27,28). The number of hydrogen-bond acceptors (Lipinski definition) is 4. The fraction of sp³-hybridized carbons (Fsp3) is 0.350. The van der Waals surface area contributed by atoms with Crippen LogP contribution >= 0.6 is 0 Å². The van der Waals surface area contributed by atoms with Crippen LogP contribution in [0.3, 0.4) is 0 Å². The monoisotopic (exact) mass is 388 g/mol. The van der Waals surface area contributed by atoms with Crippen LogP contribution in [0.2, 0.25) is 0 Å². The van der Waals surface area contributed by atoms with Gasteiger partial charge in [-0.3, -0.25) is 4.79 Å². The third kappa shape index (κ3) is 4.60. The number of amides is 1. The molecule has 8 heteroatoms. The zero-order chi connectivity index (χ0) is 20.1. The van der Waals surface area contributed by atoms with E-state index in [1.54, 1.807) is 18.3 Å². The van der Waals surface area contributed by atoms with Gasteiger partial charge in [0, 0.05) is 18.4 Å². The van der Waals surface area contributed by atoms with E-state index in [2.05, 4.69) is 15.6 Å². The minimum Gasteiger partial charge on any atom is -0.369 e. The Morgan fingerprint density at radius 2 is 2.00 bits per heavy atom. The van der Waals surface area contributed by atoms with Gasteiger partial charge < -0.3 is 10.6 Å². The zero-order valence-electron chi connectivity index (χ0n) is 15.0. The summed E-state index contributed by atoms with van der Waals surface area (Å²) in [6.45, 7) is 0.718. The van der Waals surface area contributed by atoms with Crippen molar-refractivity contribution in [3.63, 3.8) is 0 Å². The van der Waals surface area contributed by atoms with E-state index in [9.17, 15) is 18.0 Å². The lowest BCUT2D eigenvalue weighted by molar-refractivity contribution is -0.137. The minimum atomic E-state index is -4.63. The fourth-order valence-electron chi connectivity index (χ4n) is 3.35. The number of carbonyl (C=O) groups is 1. The molecule has 28 heavy (non-hydrogen) atoms. The molecule has 1 heterocycles. The lowest BCUT2D eigenvalue weighted by Crippen LogP contribution is -2.18. The highest BCUT2D eigenvalue weighted by atomic mass is 19.4. The number of rotatable bonds is 5. The summed E-state index contributed by atoms with van der Waals surface area (Å²) < 4.78 is 38.7. The number of halogens is 3. The van der Waals surface area contributed by atoms with Gasteiger partial charge in [-0.1, -0.05) is 12.8 Å². The molecule has 5 nitrogen and oxygen atoms in total. The van der Waals surface area contributed by atoms with Crippen LogP contribution in [0, 0.1) is 17.2 Å². The topological polar surface area (TPSA) is 77.8 Å². The fourth-order valence-corrected chi connectivity index (χ4v) is 3.35. The molecule has 1 saturated carbocycles. The first kappa shape index (κ1) is 19.7. The Bertz CT molecular complexity index is 899. The van der Waals surface area contributed by atoms with Crippen LogP contribution in [-0.2, 0) is 6.18 Å². The van der Waals surface area contributed by atoms with Crippen LogP contribution in [0.25, 0.3) is 0 Å². The van der Waals surface area contributed by atoms with Crippen LogP contribution in [0.1, 0.15) is 47.2 Å². The summed E-state index contributed by atoms with van der Waals surface area (Å²) in [6.07, 6.45) is 1.63. The number of anilines is 2. The second-order valence-corrected chi connectivity index (χ2v) is 6.76. The molecule has 0 aliphatic heterocycles. The largest absolute Gasteiger partial charge is 0.417 e. The van der Waals surface area contributed by atoms with Gasteiger partial charge in [0.1, 0.15) is 5.82 Å². The number of nitrogens with zero attached hydrogens (tertiary/aromatic N) is 2. The average molecular weight is 388 g/mol. The quantitative estimate of drug-likeness (QED) is 0.769. The third-order valence-corrected chi connectivity index (χ3v) is 4.79. The summed E-state index contributed by atoms with van der Waals surface area (Å²) in [6, 6.07) is 7.66. The molecule has 0 atom stereocenters. The van der Waals surface area contributed by atoms with E-state index < -0.39 is 23.2 Å². The molecule has 146 valence electrons. The number of hydrogen-bond donors (Lipinski definition) is 2. The summed E-state index contributed by atoms with van der Waals surface area (Å²) in [5.41, 5.74) is -1.18. The lowest BCUT2D eigenvalue weighted by Gasteiger charge is -2.15. The highest BCUT2D eigenvalue weighted by molar-refractivity contribution is 6.07. The SMILES string of the molecule is N#Cc1cc(NC(=O)c2cccnc2NCC2CCCC2)ccc1C(F)(F)F. The Balaban J connectivity index is 1.75. The first-order valence-corrected chi connectivity index (χ1v) is 9.00. The number of carbonyl (C=O) groups excluding carboxylic acids is 1. The Hall–Kier alpha value is -3.08. The molecule has 1 fully saturated rings. The van der Waals surface area contributed by atoms with Gasteiger partial charge in [-0.15, -0.1) is 0 Å². The van der Waals surface area contributed by atoms with Gasteiger partial charge in [0.15, 0.2) is 0 Å². The predicted molar refractivity (Wildman–Crippen MR) is 98.8 cm³/mol. The number of aromatic nitrogens is 1. The van der Waals surface area contributed by atoms with Crippen molar-refractivity contribution in [2.45, 2.75) is 31.9 Å². The van der Waals surface area contributed by atoms with Crippen LogP contribution in [0.5, 0.6) is 0 Å². The van der Waals surface area contributed by atoms with E-state index in [1.807, 2.05) is 0 Å². The first-order valence-electron chi connectivity index (χ1n) is 9.00. The van der Waals surface area contributed by atoms with Crippen molar-refractivity contribution in [1.82, 2.24) is 4.98 Å². The van der Waals surface area contributed by atoms with Gasteiger partial charge >= 0.3 is 6.18 Å². The molecule has 1 aromatic heterocycles. The number of benzene rings is 1. The van der Waals surface area contributed by atoms with Crippen LogP contribution in [0.15, 0.2) is 36.5 Å². The summed E-state index contributed by atoms with van der Waals surface area (Å²) in [5, 5.41) is 14.7. The molecule has 0 radical (unpaired) electrons. The van der Waals surface area contributed by atoms with E-state index in [1.165, 1.54) is 18.9 Å². The molecule has 0 saturated heterocycles. The van der Waals surface area contributed by atoms with Crippen molar-refractivity contribution in [2.75, 3.05) is 17.2 Å². The predicted octanol–water partition coefficient (Wildman–Crippen LogP) is 4.83. The van der Waals surface area contributed by atoms with Gasteiger partial charge in [-0.05, 0) is 49.1 Å². The van der Waals surface area contributed by atoms with Crippen molar-refractivity contribution >= 4 is 17.4 Å². The van der Waals surface area contributed by atoms with Crippen molar-refractivity contribution in [1.29, 1.82) is 5.26 Å². The van der Waals surface area contributed by atoms with E-state index >= 15 is 0 Å². The normalized spacial score (nSPS) is 14.5. The molecule has 2 N–H and O–H groups in total. The van der Waals surface area contributed by atoms with E-state index in [0.29, 0.717) is 17.3 Å². The van der Waals surface area contributed by atoms with E-state index in [4.69, 9.17) is 5.26 Å². The molecule has 0 unspecified atom stereocenters. The molecular weight excluding hydrogens is 369 g/mol. The molecule has 3 rings (SSSR count). The Morgan fingerprint density at radius 3 is 2.68 bits per heavy atom. The summed E-state index contributed by atoms with van der Waals surface area (Å²) in [4.78, 5) is 16.8. The number of nitriles is 1. The van der Waals surface area contributed by atoms with Gasteiger partial charge in [0.05, 0.1) is 22.8 Å². The summed E-state index contributed by atoms with van der Waals surface area (Å²) in [7, 11) is 0. The Morgan fingerprint density at radius 1 is 1.25 bits per heavy atom. The van der Waals surface area contributed by atoms with Gasteiger partial charge in [0.25, 0.3) is 5.91 Å². The molecule has 2 aromatic rings. The Kier molecular flexibility index (Phi) is 5.83.